The smallest absolute Gasteiger partial charge is 0.0144 e. The van der Waals surface area contributed by atoms with Crippen molar-refractivity contribution in [2.75, 3.05) is 20.1 Å². The molecule has 106 valence electrons. The van der Waals surface area contributed by atoms with Crippen molar-refractivity contribution in [3.05, 3.63) is 0 Å². The summed E-state index contributed by atoms with van der Waals surface area (Å²) in [6, 6.07) is 1.40. The van der Waals surface area contributed by atoms with Crippen LogP contribution in [0.5, 0.6) is 0 Å². The van der Waals surface area contributed by atoms with Crippen molar-refractivity contribution >= 4 is 0 Å². The van der Waals surface area contributed by atoms with Gasteiger partial charge in [-0.1, -0.05) is 0 Å². The minimum atomic E-state index is 0.255. The summed E-state index contributed by atoms with van der Waals surface area (Å²) in [5.41, 5.74) is 0.510. The normalized spacial score (nSPS) is 30.5. The second-order valence-corrected chi connectivity index (χ2v) is 7.74. The first kappa shape index (κ1) is 14.3. The molecule has 2 heterocycles. The Labute approximate surface area is 113 Å². The summed E-state index contributed by atoms with van der Waals surface area (Å²) in [4.78, 5) is 2.44. The van der Waals surface area contributed by atoms with E-state index in [1.54, 1.807) is 0 Å². The van der Waals surface area contributed by atoms with E-state index in [-0.39, 0.29) is 11.1 Å². The number of likely N-dealkylation sites (tertiary alicyclic amines) is 1. The van der Waals surface area contributed by atoms with Crippen LogP contribution in [0.3, 0.4) is 0 Å². The van der Waals surface area contributed by atoms with E-state index in [2.05, 4.69) is 50.3 Å². The van der Waals surface area contributed by atoms with E-state index in [0.29, 0.717) is 6.04 Å². The molecule has 2 fully saturated rings. The lowest BCUT2D eigenvalue weighted by molar-refractivity contribution is 0.128. The number of hydrogen-bond donors (Lipinski definition) is 2. The van der Waals surface area contributed by atoms with Gasteiger partial charge in [-0.2, -0.15) is 0 Å². The zero-order valence-corrected chi connectivity index (χ0v) is 12.8. The van der Waals surface area contributed by atoms with E-state index in [0.717, 1.165) is 6.04 Å². The van der Waals surface area contributed by atoms with Gasteiger partial charge >= 0.3 is 0 Å². The maximum atomic E-state index is 3.92. The number of rotatable bonds is 2. The van der Waals surface area contributed by atoms with E-state index in [1.165, 1.54) is 38.8 Å². The maximum Gasteiger partial charge on any atom is 0.0144 e. The summed E-state index contributed by atoms with van der Waals surface area (Å²) in [5, 5.41) is 7.68. The van der Waals surface area contributed by atoms with Gasteiger partial charge in [-0.3, -0.25) is 0 Å². The quantitative estimate of drug-likeness (QED) is 0.788. The van der Waals surface area contributed by atoms with Crippen LogP contribution in [0.25, 0.3) is 0 Å². The molecule has 2 aliphatic rings. The molecule has 0 amide bonds. The zero-order valence-electron chi connectivity index (χ0n) is 12.8. The van der Waals surface area contributed by atoms with E-state index in [1.807, 2.05) is 0 Å². The van der Waals surface area contributed by atoms with Crippen LogP contribution in [0.2, 0.25) is 0 Å². The van der Waals surface area contributed by atoms with Crippen LogP contribution in [-0.2, 0) is 0 Å². The molecular formula is C15H31N3. The first-order chi connectivity index (χ1) is 8.26. The Morgan fingerprint density at radius 2 is 1.44 bits per heavy atom. The molecule has 2 saturated heterocycles. The fourth-order valence-electron chi connectivity index (χ4n) is 3.95. The van der Waals surface area contributed by atoms with Crippen LogP contribution in [0.1, 0.15) is 53.4 Å². The van der Waals surface area contributed by atoms with E-state index >= 15 is 0 Å². The van der Waals surface area contributed by atoms with Crippen molar-refractivity contribution < 1.29 is 0 Å². The van der Waals surface area contributed by atoms with Crippen LogP contribution in [-0.4, -0.2) is 48.2 Å². The lowest BCUT2D eigenvalue weighted by atomic mass is 9.79. The first-order valence-electron chi connectivity index (χ1n) is 7.50. The molecule has 0 atom stereocenters. The van der Waals surface area contributed by atoms with Gasteiger partial charge in [0.2, 0.25) is 0 Å². The molecule has 0 radical (unpaired) electrons. The van der Waals surface area contributed by atoms with Crippen molar-refractivity contribution in [3.8, 4) is 0 Å². The monoisotopic (exact) mass is 253 g/mol. The van der Waals surface area contributed by atoms with Crippen LogP contribution < -0.4 is 10.6 Å². The SMILES string of the molecule is CN1CCC(NC2CC(C)(C)NC(C)(C)C2)CC1. The summed E-state index contributed by atoms with van der Waals surface area (Å²) in [7, 11) is 2.23. The van der Waals surface area contributed by atoms with Crippen LogP contribution in [0.15, 0.2) is 0 Å². The standard InChI is InChI=1S/C15H31N3/c1-14(2)10-13(11-15(3,4)17-14)16-12-6-8-18(5)9-7-12/h12-13,16-17H,6-11H2,1-5H3. The summed E-state index contributed by atoms with van der Waals surface area (Å²) >= 11 is 0. The van der Waals surface area contributed by atoms with Gasteiger partial charge in [0.25, 0.3) is 0 Å². The number of hydrogen-bond acceptors (Lipinski definition) is 3. The highest BCUT2D eigenvalue weighted by atomic mass is 15.1. The van der Waals surface area contributed by atoms with Gasteiger partial charge in [-0.15, -0.1) is 0 Å². The Balaban J connectivity index is 1.89. The second-order valence-electron chi connectivity index (χ2n) is 7.74. The third-order valence-electron chi connectivity index (χ3n) is 4.38. The third kappa shape index (κ3) is 3.94. The van der Waals surface area contributed by atoms with E-state index in [4.69, 9.17) is 0 Å². The number of piperidine rings is 2. The van der Waals surface area contributed by atoms with Gasteiger partial charge in [0.1, 0.15) is 0 Å². The molecule has 0 saturated carbocycles. The lowest BCUT2D eigenvalue weighted by Gasteiger charge is -2.48. The molecule has 3 heteroatoms. The largest absolute Gasteiger partial charge is 0.311 e. The van der Waals surface area contributed by atoms with E-state index < -0.39 is 0 Å². The Morgan fingerprint density at radius 3 is 1.94 bits per heavy atom. The van der Waals surface area contributed by atoms with Gasteiger partial charge in [0.15, 0.2) is 0 Å². The second kappa shape index (κ2) is 5.10. The molecule has 0 spiro atoms. The highest BCUT2D eigenvalue weighted by Crippen LogP contribution is 2.29. The summed E-state index contributed by atoms with van der Waals surface area (Å²) in [6.45, 7) is 11.8. The average Bonchev–Trinajstić information content (AvgIpc) is 2.16. The highest BCUT2D eigenvalue weighted by Gasteiger charge is 2.38. The summed E-state index contributed by atoms with van der Waals surface area (Å²) < 4.78 is 0. The highest BCUT2D eigenvalue weighted by molar-refractivity contribution is 5.00. The fourth-order valence-corrected chi connectivity index (χ4v) is 3.95. The van der Waals surface area contributed by atoms with Crippen molar-refractivity contribution in [3.63, 3.8) is 0 Å². The van der Waals surface area contributed by atoms with Crippen molar-refractivity contribution in [2.45, 2.75) is 76.5 Å². The van der Waals surface area contributed by atoms with Crippen LogP contribution >= 0.6 is 0 Å². The van der Waals surface area contributed by atoms with Crippen molar-refractivity contribution in [1.82, 2.24) is 15.5 Å². The first-order valence-corrected chi connectivity index (χ1v) is 7.50. The molecule has 3 nitrogen and oxygen atoms in total. The third-order valence-corrected chi connectivity index (χ3v) is 4.38. The minimum Gasteiger partial charge on any atom is -0.311 e. The van der Waals surface area contributed by atoms with Crippen LogP contribution in [0.4, 0.5) is 0 Å². The molecule has 2 N–H and O–H groups in total. The van der Waals surface area contributed by atoms with Gasteiger partial charge < -0.3 is 15.5 Å². The van der Waals surface area contributed by atoms with Crippen molar-refractivity contribution in [1.29, 1.82) is 0 Å². The zero-order chi connectivity index (χ0) is 13.4. The Kier molecular flexibility index (Phi) is 4.05. The maximum absolute atomic E-state index is 3.92. The molecular weight excluding hydrogens is 222 g/mol. The summed E-state index contributed by atoms with van der Waals surface area (Å²) in [5.74, 6) is 0. The molecule has 18 heavy (non-hydrogen) atoms. The van der Waals surface area contributed by atoms with Crippen molar-refractivity contribution in [2.24, 2.45) is 0 Å². The molecule has 0 aromatic rings. The predicted molar refractivity (Wildman–Crippen MR) is 78.0 cm³/mol. The van der Waals surface area contributed by atoms with Gasteiger partial charge in [-0.05, 0) is 73.5 Å². The van der Waals surface area contributed by atoms with Crippen LogP contribution in [0, 0.1) is 0 Å². The summed E-state index contributed by atoms with van der Waals surface area (Å²) in [6.07, 6.45) is 5.09. The Bertz CT molecular complexity index is 261. The fraction of sp³-hybridized carbons (Fsp3) is 1.00. The predicted octanol–water partition coefficient (Wildman–Crippen LogP) is 1.98. The minimum absolute atomic E-state index is 0.255. The topological polar surface area (TPSA) is 27.3 Å². The van der Waals surface area contributed by atoms with Gasteiger partial charge in [-0.25, -0.2) is 0 Å². The van der Waals surface area contributed by atoms with Gasteiger partial charge in [0, 0.05) is 23.2 Å². The molecule has 2 aliphatic heterocycles. The lowest BCUT2D eigenvalue weighted by Crippen LogP contribution is -2.62. The van der Waals surface area contributed by atoms with E-state index in [9.17, 15) is 0 Å². The average molecular weight is 253 g/mol. The molecule has 2 rings (SSSR count). The molecule has 0 aromatic heterocycles. The Morgan fingerprint density at radius 1 is 0.944 bits per heavy atom. The Hall–Kier alpha value is -0.120. The molecule has 0 aromatic carbocycles. The molecule has 0 unspecified atom stereocenters. The van der Waals surface area contributed by atoms with Gasteiger partial charge in [0.05, 0.1) is 0 Å². The number of nitrogens with zero attached hydrogens (tertiary/aromatic N) is 1. The molecule has 0 bridgehead atoms. The number of nitrogens with one attached hydrogen (secondary N) is 2. The molecule has 0 aliphatic carbocycles.